The van der Waals surface area contributed by atoms with Crippen LogP contribution >= 0.6 is 0 Å². The third-order valence-corrected chi connectivity index (χ3v) is 3.81. The van der Waals surface area contributed by atoms with Gasteiger partial charge in [0.2, 0.25) is 6.79 Å². The van der Waals surface area contributed by atoms with E-state index in [0.717, 1.165) is 34.8 Å². The minimum Gasteiger partial charge on any atom is -0.496 e. The van der Waals surface area contributed by atoms with Gasteiger partial charge in [0.05, 0.1) is 7.11 Å². The van der Waals surface area contributed by atoms with Crippen LogP contribution in [0, 0.1) is 0 Å². The Hall–Kier alpha value is -2.69. The highest BCUT2D eigenvalue weighted by Gasteiger charge is 2.14. The van der Waals surface area contributed by atoms with E-state index >= 15 is 0 Å². The second-order valence-corrected chi connectivity index (χ2v) is 5.25. The first-order valence-corrected chi connectivity index (χ1v) is 7.55. The number of benzene rings is 2. The van der Waals surface area contributed by atoms with Gasteiger partial charge < -0.3 is 19.5 Å². The molecule has 0 bridgehead atoms. The van der Waals surface area contributed by atoms with Crippen molar-refractivity contribution in [2.24, 2.45) is 0 Å². The number of fused-ring (bicyclic) bond motifs is 1. The number of hydrogen-bond acceptors (Lipinski definition) is 4. The van der Waals surface area contributed by atoms with Crippen LogP contribution in [0.4, 0.5) is 0 Å². The first kappa shape index (κ1) is 15.2. The Morgan fingerprint density at radius 2 is 2.00 bits per heavy atom. The van der Waals surface area contributed by atoms with Crippen LogP contribution in [0.2, 0.25) is 0 Å². The third-order valence-electron chi connectivity index (χ3n) is 3.81. The summed E-state index contributed by atoms with van der Waals surface area (Å²) in [5.41, 5.74) is 2.61. The lowest BCUT2D eigenvalue weighted by molar-refractivity contribution is 0.0950. The van der Waals surface area contributed by atoms with Crippen molar-refractivity contribution >= 4 is 5.91 Å². The fourth-order valence-electron chi connectivity index (χ4n) is 2.53. The van der Waals surface area contributed by atoms with E-state index in [2.05, 4.69) is 5.32 Å². The molecule has 0 saturated carbocycles. The lowest BCUT2D eigenvalue weighted by Gasteiger charge is -2.10. The Labute approximate surface area is 135 Å². The van der Waals surface area contributed by atoms with Gasteiger partial charge in [0.25, 0.3) is 5.91 Å². The number of rotatable bonds is 5. The average molecular weight is 313 g/mol. The molecule has 1 amide bonds. The van der Waals surface area contributed by atoms with E-state index in [1.807, 2.05) is 37.3 Å². The molecule has 0 fully saturated rings. The maximum absolute atomic E-state index is 12.3. The molecule has 0 saturated heterocycles. The number of ether oxygens (including phenoxy) is 3. The van der Waals surface area contributed by atoms with Crippen molar-refractivity contribution in [3.8, 4) is 17.2 Å². The topological polar surface area (TPSA) is 56.8 Å². The van der Waals surface area contributed by atoms with Gasteiger partial charge in [0.1, 0.15) is 5.75 Å². The molecule has 0 atom stereocenters. The van der Waals surface area contributed by atoms with Crippen LogP contribution < -0.4 is 19.5 Å². The molecular formula is C18H19NO4. The molecule has 0 radical (unpaired) electrons. The molecule has 5 nitrogen and oxygen atoms in total. The number of amides is 1. The molecule has 2 aromatic carbocycles. The molecule has 1 N–H and O–H groups in total. The fraction of sp³-hybridized carbons (Fsp3) is 0.278. The smallest absolute Gasteiger partial charge is 0.251 e. The zero-order valence-electron chi connectivity index (χ0n) is 13.2. The van der Waals surface area contributed by atoms with Gasteiger partial charge in [0.15, 0.2) is 11.5 Å². The summed E-state index contributed by atoms with van der Waals surface area (Å²) in [6.45, 7) is 2.71. The van der Waals surface area contributed by atoms with Crippen LogP contribution in [0.5, 0.6) is 17.2 Å². The Kier molecular flexibility index (Phi) is 4.37. The minimum absolute atomic E-state index is 0.111. The highest BCUT2D eigenvalue weighted by Crippen LogP contribution is 2.32. The quantitative estimate of drug-likeness (QED) is 0.922. The monoisotopic (exact) mass is 313 g/mol. The van der Waals surface area contributed by atoms with Crippen LogP contribution in [-0.2, 0) is 13.0 Å². The van der Waals surface area contributed by atoms with Gasteiger partial charge in [-0.25, -0.2) is 0 Å². The Morgan fingerprint density at radius 1 is 1.17 bits per heavy atom. The van der Waals surface area contributed by atoms with E-state index in [9.17, 15) is 4.79 Å². The maximum atomic E-state index is 12.3. The van der Waals surface area contributed by atoms with Gasteiger partial charge in [-0.2, -0.15) is 0 Å². The first-order chi connectivity index (χ1) is 11.2. The summed E-state index contributed by atoms with van der Waals surface area (Å²) in [6, 6.07) is 11.1. The highest BCUT2D eigenvalue weighted by atomic mass is 16.7. The standard InChI is InChI=1S/C18H19NO4/c1-3-13-9-14(5-7-15(13)21-2)18(20)19-10-12-4-6-16-17(8-12)23-11-22-16/h4-9H,3,10-11H2,1-2H3,(H,19,20). The van der Waals surface area contributed by atoms with Gasteiger partial charge in [-0.1, -0.05) is 13.0 Å². The van der Waals surface area contributed by atoms with Crippen LogP contribution in [-0.4, -0.2) is 19.8 Å². The summed E-state index contributed by atoms with van der Waals surface area (Å²) in [5.74, 6) is 2.15. The van der Waals surface area contributed by atoms with Crippen molar-refractivity contribution < 1.29 is 19.0 Å². The number of aryl methyl sites for hydroxylation is 1. The van der Waals surface area contributed by atoms with E-state index < -0.39 is 0 Å². The summed E-state index contributed by atoms with van der Waals surface area (Å²) in [7, 11) is 1.63. The second kappa shape index (κ2) is 6.60. The van der Waals surface area contributed by atoms with Crippen LogP contribution in [0.3, 0.4) is 0 Å². The first-order valence-electron chi connectivity index (χ1n) is 7.55. The number of carbonyl (C=O) groups excluding carboxylic acids is 1. The molecule has 1 aliphatic heterocycles. The van der Waals surface area contributed by atoms with E-state index in [0.29, 0.717) is 12.1 Å². The summed E-state index contributed by atoms with van der Waals surface area (Å²) in [6.07, 6.45) is 0.812. The predicted molar refractivity (Wildman–Crippen MR) is 86.1 cm³/mol. The Morgan fingerprint density at radius 3 is 2.78 bits per heavy atom. The van der Waals surface area contributed by atoms with E-state index in [1.54, 1.807) is 13.2 Å². The summed E-state index contributed by atoms with van der Waals surface area (Å²) < 4.78 is 15.9. The van der Waals surface area contributed by atoms with Crippen LogP contribution in [0.25, 0.3) is 0 Å². The second-order valence-electron chi connectivity index (χ2n) is 5.25. The fourth-order valence-corrected chi connectivity index (χ4v) is 2.53. The number of nitrogens with one attached hydrogen (secondary N) is 1. The summed E-state index contributed by atoms with van der Waals surface area (Å²) >= 11 is 0. The number of hydrogen-bond donors (Lipinski definition) is 1. The van der Waals surface area contributed by atoms with Crippen LogP contribution in [0.15, 0.2) is 36.4 Å². The zero-order chi connectivity index (χ0) is 16.2. The van der Waals surface area contributed by atoms with Crippen molar-refractivity contribution in [2.45, 2.75) is 19.9 Å². The van der Waals surface area contributed by atoms with Gasteiger partial charge >= 0.3 is 0 Å². The molecule has 0 spiro atoms. The van der Waals surface area contributed by atoms with E-state index in [1.165, 1.54) is 0 Å². The largest absolute Gasteiger partial charge is 0.496 e. The number of methoxy groups -OCH3 is 1. The van der Waals surface area contributed by atoms with Crippen molar-refractivity contribution in [3.63, 3.8) is 0 Å². The van der Waals surface area contributed by atoms with Crippen LogP contribution in [0.1, 0.15) is 28.4 Å². The normalized spacial score (nSPS) is 12.1. The molecule has 0 unspecified atom stereocenters. The Balaban J connectivity index is 1.67. The SMILES string of the molecule is CCc1cc(C(=O)NCc2ccc3c(c2)OCO3)ccc1OC. The molecule has 2 aromatic rings. The predicted octanol–water partition coefficient (Wildman–Crippen LogP) is 2.92. The lowest BCUT2D eigenvalue weighted by atomic mass is 10.1. The molecule has 5 heteroatoms. The van der Waals surface area contributed by atoms with Crippen molar-refractivity contribution in [3.05, 3.63) is 53.1 Å². The molecule has 0 aromatic heterocycles. The third kappa shape index (κ3) is 3.23. The maximum Gasteiger partial charge on any atom is 0.251 e. The van der Waals surface area contributed by atoms with Gasteiger partial charge in [-0.05, 0) is 47.9 Å². The average Bonchev–Trinajstić information content (AvgIpc) is 3.06. The lowest BCUT2D eigenvalue weighted by Crippen LogP contribution is -2.22. The van der Waals surface area contributed by atoms with Gasteiger partial charge in [0, 0.05) is 12.1 Å². The molecular weight excluding hydrogens is 294 g/mol. The molecule has 23 heavy (non-hydrogen) atoms. The molecule has 1 aliphatic rings. The van der Waals surface area contributed by atoms with E-state index in [-0.39, 0.29) is 12.7 Å². The van der Waals surface area contributed by atoms with Crippen molar-refractivity contribution in [1.82, 2.24) is 5.32 Å². The molecule has 1 heterocycles. The summed E-state index contributed by atoms with van der Waals surface area (Å²) in [4.78, 5) is 12.3. The summed E-state index contributed by atoms with van der Waals surface area (Å²) in [5, 5.41) is 2.92. The number of carbonyl (C=O) groups is 1. The highest BCUT2D eigenvalue weighted by molar-refractivity contribution is 5.94. The van der Waals surface area contributed by atoms with Crippen molar-refractivity contribution in [2.75, 3.05) is 13.9 Å². The van der Waals surface area contributed by atoms with Gasteiger partial charge in [-0.15, -0.1) is 0 Å². The van der Waals surface area contributed by atoms with Crippen molar-refractivity contribution in [1.29, 1.82) is 0 Å². The molecule has 3 rings (SSSR count). The van der Waals surface area contributed by atoms with E-state index in [4.69, 9.17) is 14.2 Å². The Bertz CT molecular complexity index is 727. The van der Waals surface area contributed by atoms with Gasteiger partial charge in [-0.3, -0.25) is 4.79 Å². The molecule has 120 valence electrons. The zero-order valence-corrected chi connectivity index (χ0v) is 13.2. The molecule has 0 aliphatic carbocycles. The minimum atomic E-state index is -0.111.